The second-order valence-electron chi connectivity index (χ2n) is 4.32. The van der Waals surface area contributed by atoms with Gasteiger partial charge in [-0.05, 0) is 31.5 Å². The Labute approximate surface area is 120 Å². The normalized spacial score (nSPS) is 18.9. The van der Waals surface area contributed by atoms with Crippen LogP contribution < -0.4 is 15.4 Å². The van der Waals surface area contributed by atoms with Gasteiger partial charge >= 0.3 is 6.61 Å². The van der Waals surface area contributed by atoms with E-state index in [9.17, 15) is 8.78 Å². The molecule has 0 spiro atoms. The van der Waals surface area contributed by atoms with Gasteiger partial charge in [0.05, 0.1) is 10.0 Å². The van der Waals surface area contributed by atoms with Gasteiger partial charge in [0.1, 0.15) is 0 Å². The maximum Gasteiger partial charge on any atom is 0.387 e. The third-order valence-corrected chi connectivity index (χ3v) is 3.48. The summed E-state index contributed by atoms with van der Waals surface area (Å²) in [6.07, 6.45) is 2.27. The van der Waals surface area contributed by atoms with E-state index < -0.39 is 6.61 Å². The Morgan fingerprint density at radius 1 is 1.37 bits per heavy atom. The number of hydrogen-bond donors (Lipinski definition) is 2. The molecule has 1 aliphatic rings. The highest BCUT2D eigenvalue weighted by molar-refractivity contribution is 6.37. The Morgan fingerprint density at radius 3 is 2.58 bits per heavy atom. The molecule has 2 rings (SSSR count). The fourth-order valence-corrected chi connectivity index (χ4v) is 2.61. The number of halogens is 4. The van der Waals surface area contributed by atoms with E-state index in [1.165, 1.54) is 12.1 Å². The van der Waals surface area contributed by atoms with E-state index in [0.717, 1.165) is 25.9 Å². The first-order valence-corrected chi connectivity index (χ1v) is 6.73. The molecule has 1 atom stereocenters. The van der Waals surface area contributed by atoms with Gasteiger partial charge in [0, 0.05) is 18.3 Å². The minimum Gasteiger partial charge on any atom is -0.432 e. The van der Waals surface area contributed by atoms with Crippen molar-refractivity contribution >= 4 is 28.9 Å². The molecule has 0 aliphatic carbocycles. The van der Waals surface area contributed by atoms with E-state index in [0.29, 0.717) is 11.7 Å². The maximum atomic E-state index is 12.2. The molecule has 3 nitrogen and oxygen atoms in total. The van der Waals surface area contributed by atoms with Gasteiger partial charge in [0.2, 0.25) is 0 Å². The van der Waals surface area contributed by atoms with Crippen molar-refractivity contribution in [2.75, 3.05) is 18.4 Å². The lowest BCUT2D eigenvalue weighted by atomic mass is 10.2. The number of alkyl halides is 2. The molecule has 0 aromatic heterocycles. The fraction of sp³-hybridized carbons (Fsp3) is 0.500. The first-order valence-electron chi connectivity index (χ1n) is 5.97. The second-order valence-corrected chi connectivity index (χ2v) is 5.14. The molecule has 1 fully saturated rings. The van der Waals surface area contributed by atoms with Crippen LogP contribution in [0.1, 0.15) is 12.8 Å². The van der Waals surface area contributed by atoms with Crippen molar-refractivity contribution in [2.45, 2.75) is 25.5 Å². The highest BCUT2D eigenvalue weighted by atomic mass is 35.5. The molecule has 0 amide bonds. The molecule has 19 heavy (non-hydrogen) atoms. The summed E-state index contributed by atoms with van der Waals surface area (Å²) in [5.41, 5.74) is 0.685. The van der Waals surface area contributed by atoms with Gasteiger partial charge in [-0.3, -0.25) is 0 Å². The van der Waals surface area contributed by atoms with E-state index in [2.05, 4.69) is 15.4 Å². The molecule has 0 saturated carbocycles. The van der Waals surface area contributed by atoms with Crippen LogP contribution in [0.15, 0.2) is 12.1 Å². The van der Waals surface area contributed by atoms with Gasteiger partial charge < -0.3 is 15.4 Å². The van der Waals surface area contributed by atoms with E-state index in [1.807, 2.05) is 0 Å². The van der Waals surface area contributed by atoms with E-state index in [-0.39, 0.29) is 15.8 Å². The molecule has 1 unspecified atom stereocenters. The fourth-order valence-electron chi connectivity index (χ4n) is 2.04. The molecule has 1 aromatic carbocycles. The standard InChI is InChI=1S/C12H14Cl2F2N2O/c13-9-4-8(18-6-7-2-1-3-17-7)5-10(14)11(9)19-12(15)16/h4-5,7,12,17-18H,1-3,6H2. The Hall–Kier alpha value is -0.780. The smallest absolute Gasteiger partial charge is 0.387 e. The molecular weight excluding hydrogens is 297 g/mol. The van der Waals surface area contributed by atoms with Crippen molar-refractivity contribution in [2.24, 2.45) is 0 Å². The molecule has 2 N–H and O–H groups in total. The van der Waals surface area contributed by atoms with Crippen molar-refractivity contribution < 1.29 is 13.5 Å². The van der Waals surface area contributed by atoms with Gasteiger partial charge in [0.25, 0.3) is 0 Å². The van der Waals surface area contributed by atoms with Crippen molar-refractivity contribution in [3.8, 4) is 5.75 Å². The summed E-state index contributed by atoms with van der Waals surface area (Å²) in [4.78, 5) is 0. The molecule has 1 aromatic rings. The largest absolute Gasteiger partial charge is 0.432 e. The lowest BCUT2D eigenvalue weighted by Crippen LogP contribution is -2.29. The zero-order chi connectivity index (χ0) is 13.8. The molecule has 0 radical (unpaired) electrons. The van der Waals surface area contributed by atoms with Crippen LogP contribution in [-0.4, -0.2) is 25.7 Å². The zero-order valence-electron chi connectivity index (χ0n) is 10.1. The Balaban J connectivity index is 2.01. The molecule has 1 heterocycles. The summed E-state index contributed by atoms with van der Waals surface area (Å²) in [5.74, 6) is -0.192. The van der Waals surface area contributed by atoms with Crippen molar-refractivity contribution in [3.63, 3.8) is 0 Å². The predicted molar refractivity (Wildman–Crippen MR) is 72.6 cm³/mol. The first kappa shape index (κ1) is 14.6. The number of nitrogens with one attached hydrogen (secondary N) is 2. The van der Waals surface area contributed by atoms with Crippen molar-refractivity contribution in [1.29, 1.82) is 0 Å². The lowest BCUT2D eigenvalue weighted by molar-refractivity contribution is -0.0497. The zero-order valence-corrected chi connectivity index (χ0v) is 11.6. The summed E-state index contributed by atoms with van der Waals surface area (Å²) in [6.45, 7) is -1.19. The Morgan fingerprint density at radius 2 is 2.05 bits per heavy atom. The molecule has 7 heteroatoms. The molecule has 1 saturated heterocycles. The van der Waals surface area contributed by atoms with Crippen LogP contribution >= 0.6 is 23.2 Å². The van der Waals surface area contributed by atoms with Crippen LogP contribution in [0.5, 0.6) is 5.75 Å². The third kappa shape index (κ3) is 4.09. The third-order valence-electron chi connectivity index (χ3n) is 2.92. The average Bonchev–Trinajstić information content (AvgIpc) is 2.84. The van der Waals surface area contributed by atoms with Gasteiger partial charge in [0.15, 0.2) is 5.75 Å². The highest BCUT2D eigenvalue weighted by Crippen LogP contribution is 2.36. The minimum absolute atomic E-state index is 0.0645. The van der Waals surface area contributed by atoms with Gasteiger partial charge in [-0.15, -0.1) is 0 Å². The summed E-state index contributed by atoms with van der Waals surface area (Å²) < 4.78 is 28.6. The molecule has 0 bridgehead atoms. The first-order chi connectivity index (χ1) is 9.06. The average molecular weight is 311 g/mol. The maximum absolute atomic E-state index is 12.2. The Bertz CT molecular complexity index is 417. The lowest BCUT2D eigenvalue weighted by Gasteiger charge is -2.15. The summed E-state index contributed by atoms with van der Waals surface area (Å²) in [7, 11) is 0. The van der Waals surface area contributed by atoms with Crippen LogP contribution in [0, 0.1) is 0 Å². The number of anilines is 1. The van der Waals surface area contributed by atoms with Gasteiger partial charge in [-0.25, -0.2) is 0 Å². The van der Waals surface area contributed by atoms with Crippen LogP contribution in [0.4, 0.5) is 14.5 Å². The molecule has 1 aliphatic heterocycles. The summed E-state index contributed by atoms with van der Waals surface area (Å²) in [5, 5.41) is 6.64. The van der Waals surface area contributed by atoms with E-state index >= 15 is 0 Å². The van der Waals surface area contributed by atoms with Gasteiger partial charge in [-0.2, -0.15) is 8.78 Å². The monoisotopic (exact) mass is 310 g/mol. The summed E-state index contributed by atoms with van der Waals surface area (Å²) >= 11 is 11.8. The van der Waals surface area contributed by atoms with E-state index in [4.69, 9.17) is 23.2 Å². The second kappa shape index (κ2) is 6.59. The van der Waals surface area contributed by atoms with Crippen LogP contribution in [-0.2, 0) is 0 Å². The van der Waals surface area contributed by atoms with Crippen LogP contribution in [0.3, 0.4) is 0 Å². The van der Waals surface area contributed by atoms with Crippen molar-refractivity contribution in [1.82, 2.24) is 5.32 Å². The number of hydrogen-bond acceptors (Lipinski definition) is 3. The number of benzene rings is 1. The quantitative estimate of drug-likeness (QED) is 0.869. The predicted octanol–water partition coefficient (Wildman–Crippen LogP) is 3.76. The van der Waals surface area contributed by atoms with Crippen molar-refractivity contribution in [3.05, 3.63) is 22.2 Å². The minimum atomic E-state index is -2.95. The summed E-state index contributed by atoms with van der Waals surface area (Å²) in [6, 6.07) is 3.47. The van der Waals surface area contributed by atoms with Crippen LogP contribution in [0.25, 0.3) is 0 Å². The van der Waals surface area contributed by atoms with Crippen LogP contribution in [0.2, 0.25) is 10.0 Å². The van der Waals surface area contributed by atoms with E-state index in [1.54, 1.807) is 0 Å². The SMILES string of the molecule is FC(F)Oc1c(Cl)cc(NCC2CCCN2)cc1Cl. The van der Waals surface area contributed by atoms with Gasteiger partial charge in [-0.1, -0.05) is 23.2 Å². The Kier molecular flexibility index (Phi) is 5.07. The topological polar surface area (TPSA) is 33.3 Å². The molecular formula is C12H14Cl2F2N2O. The number of rotatable bonds is 5. The number of ether oxygens (including phenoxy) is 1. The highest BCUT2D eigenvalue weighted by Gasteiger charge is 2.16. The molecule has 106 valence electrons.